The maximum Gasteiger partial charge on any atom is 0.243 e. The molecule has 158 valence electrons. The maximum atomic E-state index is 11.8. The molecule has 1 atom stereocenters. The molecule has 0 bridgehead atoms. The van der Waals surface area contributed by atoms with Crippen LogP contribution in [0.5, 0.6) is 0 Å². The Morgan fingerprint density at radius 2 is 1.93 bits per heavy atom. The molecular weight excluding hydrogens is 467 g/mol. The normalized spacial score (nSPS) is 15.6. The predicted octanol–water partition coefficient (Wildman–Crippen LogP) is 3.34. The fourth-order valence-corrected chi connectivity index (χ4v) is 3.06. The lowest BCUT2D eigenvalue weighted by Gasteiger charge is -2.18. The maximum absolute atomic E-state index is 11.8. The van der Waals surface area contributed by atoms with E-state index in [1.165, 1.54) is 31.2 Å². The van der Waals surface area contributed by atoms with Gasteiger partial charge in [0.2, 0.25) is 5.91 Å². The quantitative estimate of drug-likeness (QED) is 0.235. The molecule has 1 aliphatic rings. The number of nitrogens with one attached hydrogen (secondary N) is 2. The number of carbonyl (C=O) groups excluding carboxylic acids is 1. The lowest BCUT2D eigenvalue weighted by molar-refractivity contribution is -0.127. The van der Waals surface area contributed by atoms with Crippen LogP contribution in [0.4, 0.5) is 0 Å². The zero-order valence-corrected chi connectivity index (χ0v) is 19.6. The molecule has 0 saturated heterocycles. The second-order valence-corrected chi connectivity index (χ2v) is 7.28. The van der Waals surface area contributed by atoms with Crippen molar-refractivity contribution in [3.8, 4) is 0 Å². The van der Waals surface area contributed by atoms with E-state index in [-0.39, 0.29) is 42.5 Å². The number of carbonyl (C=O) groups is 1. The highest BCUT2D eigenvalue weighted by Gasteiger charge is 2.16. The van der Waals surface area contributed by atoms with Crippen LogP contribution in [0.3, 0.4) is 0 Å². The van der Waals surface area contributed by atoms with Crippen molar-refractivity contribution in [1.29, 1.82) is 0 Å². The van der Waals surface area contributed by atoms with Gasteiger partial charge in [0, 0.05) is 33.3 Å². The minimum Gasteiger partial charge on any atom is -0.374 e. The molecule has 1 aliphatic carbocycles. The summed E-state index contributed by atoms with van der Waals surface area (Å²) in [5.74, 6) is 0.732. The molecule has 1 fully saturated rings. The van der Waals surface area contributed by atoms with Crippen LogP contribution in [-0.4, -0.2) is 56.6 Å². The monoisotopic (exact) mass is 502 g/mol. The molecule has 0 radical (unpaired) electrons. The molecule has 1 aromatic carbocycles. The number of hydrogen-bond acceptors (Lipinski definition) is 3. The van der Waals surface area contributed by atoms with Crippen LogP contribution in [0.2, 0.25) is 0 Å². The summed E-state index contributed by atoms with van der Waals surface area (Å²) in [6, 6.07) is 10.7. The Morgan fingerprint density at radius 1 is 1.25 bits per heavy atom. The van der Waals surface area contributed by atoms with Crippen molar-refractivity contribution in [3.63, 3.8) is 0 Å². The Bertz CT molecular complexity index is 589. The molecule has 1 amide bonds. The Hall–Kier alpha value is -1.35. The van der Waals surface area contributed by atoms with Gasteiger partial charge in [-0.1, -0.05) is 43.2 Å². The highest BCUT2D eigenvalue weighted by molar-refractivity contribution is 14.0. The zero-order chi connectivity index (χ0) is 19.5. The summed E-state index contributed by atoms with van der Waals surface area (Å²) in [4.78, 5) is 17.8. The Kier molecular flexibility index (Phi) is 12.1. The fourth-order valence-electron chi connectivity index (χ4n) is 3.06. The standard InChI is InChI=1S/C21H34N4O2.HI/c1-17(18-10-5-4-6-11-18)27-15-9-14-22-21(23-16-20(26)25(2)3)24-19-12-7-8-13-19;/h4-6,10-11,17,19H,7-9,12-16H2,1-3H3,(H2,22,23,24);1H. The average Bonchev–Trinajstić information content (AvgIpc) is 3.18. The van der Waals surface area contributed by atoms with E-state index in [9.17, 15) is 4.79 Å². The number of guanidine groups is 1. The second kappa shape index (κ2) is 13.8. The lowest BCUT2D eigenvalue weighted by atomic mass is 10.1. The van der Waals surface area contributed by atoms with Crippen molar-refractivity contribution < 1.29 is 9.53 Å². The van der Waals surface area contributed by atoms with Crippen LogP contribution >= 0.6 is 24.0 Å². The van der Waals surface area contributed by atoms with Gasteiger partial charge in [-0.25, -0.2) is 4.99 Å². The molecule has 1 aromatic rings. The van der Waals surface area contributed by atoms with Crippen LogP contribution in [0.15, 0.2) is 35.3 Å². The van der Waals surface area contributed by atoms with Crippen LogP contribution in [0, 0.1) is 0 Å². The number of likely N-dealkylation sites (N-methyl/N-ethyl adjacent to an activating group) is 1. The van der Waals surface area contributed by atoms with Crippen molar-refractivity contribution >= 4 is 35.8 Å². The number of benzene rings is 1. The van der Waals surface area contributed by atoms with E-state index >= 15 is 0 Å². The number of nitrogens with zero attached hydrogens (tertiary/aromatic N) is 2. The summed E-state index contributed by atoms with van der Waals surface area (Å²) in [5.41, 5.74) is 1.19. The Morgan fingerprint density at radius 3 is 2.57 bits per heavy atom. The molecule has 7 heteroatoms. The third-order valence-corrected chi connectivity index (χ3v) is 4.82. The van der Waals surface area contributed by atoms with Crippen molar-refractivity contribution in [1.82, 2.24) is 15.5 Å². The SMILES string of the molecule is CC(OCCCNC(=NCC(=O)N(C)C)NC1CCCC1)c1ccccc1.I. The number of amides is 1. The van der Waals surface area contributed by atoms with E-state index in [0.29, 0.717) is 12.6 Å². The first kappa shape index (κ1) is 24.7. The van der Waals surface area contributed by atoms with Gasteiger partial charge in [-0.3, -0.25) is 4.79 Å². The first-order valence-electron chi connectivity index (χ1n) is 9.98. The smallest absolute Gasteiger partial charge is 0.243 e. The van der Waals surface area contributed by atoms with E-state index in [0.717, 1.165) is 18.9 Å². The van der Waals surface area contributed by atoms with Gasteiger partial charge in [0.25, 0.3) is 0 Å². The van der Waals surface area contributed by atoms with Crippen LogP contribution in [-0.2, 0) is 9.53 Å². The van der Waals surface area contributed by atoms with E-state index in [1.807, 2.05) is 18.2 Å². The van der Waals surface area contributed by atoms with Crippen molar-refractivity contribution in [2.45, 2.75) is 51.2 Å². The first-order chi connectivity index (χ1) is 13.1. The van der Waals surface area contributed by atoms with Crippen molar-refractivity contribution in [3.05, 3.63) is 35.9 Å². The van der Waals surface area contributed by atoms with E-state index in [1.54, 1.807) is 19.0 Å². The number of hydrogen-bond donors (Lipinski definition) is 2. The number of halogens is 1. The average molecular weight is 502 g/mol. The van der Waals surface area contributed by atoms with Gasteiger partial charge >= 0.3 is 0 Å². The molecule has 2 N–H and O–H groups in total. The summed E-state index contributed by atoms with van der Waals surface area (Å²) in [6.45, 7) is 3.67. The predicted molar refractivity (Wildman–Crippen MR) is 125 cm³/mol. The molecule has 6 nitrogen and oxygen atoms in total. The highest BCUT2D eigenvalue weighted by Crippen LogP contribution is 2.17. The second-order valence-electron chi connectivity index (χ2n) is 7.28. The fraction of sp³-hybridized carbons (Fsp3) is 0.619. The molecule has 0 spiro atoms. The molecule has 2 rings (SSSR count). The van der Waals surface area contributed by atoms with Crippen molar-refractivity contribution in [2.24, 2.45) is 4.99 Å². The summed E-state index contributed by atoms with van der Waals surface area (Å²) in [6.07, 6.45) is 5.82. The van der Waals surface area contributed by atoms with Gasteiger partial charge in [0.15, 0.2) is 5.96 Å². The van der Waals surface area contributed by atoms with E-state index in [4.69, 9.17) is 4.74 Å². The largest absolute Gasteiger partial charge is 0.374 e. The molecule has 0 aliphatic heterocycles. The summed E-state index contributed by atoms with van der Waals surface area (Å²) in [7, 11) is 3.50. The van der Waals surface area contributed by atoms with Gasteiger partial charge < -0.3 is 20.3 Å². The summed E-state index contributed by atoms with van der Waals surface area (Å²) >= 11 is 0. The molecule has 1 saturated carbocycles. The van der Waals surface area contributed by atoms with Crippen molar-refractivity contribution in [2.75, 3.05) is 33.8 Å². The molecule has 1 unspecified atom stereocenters. The van der Waals surface area contributed by atoms with E-state index < -0.39 is 0 Å². The minimum atomic E-state index is 0. The topological polar surface area (TPSA) is 66.0 Å². The summed E-state index contributed by atoms with van der Waals surface area (Å²) in [5, 5.41) is 6.81. The zero-order valence-electron chi connectivity index (χ0n) is 17.3. The lowest BCUT2D eigenvalue weighted by Crippen LogP contribution is -2.43. The molecular formula is C21H35IN4O2. The van der Waals surface area contributed by atoms with Gasteiger partial charge in [-0.2, -0.15) is 0 Å². The third-order valence-electron chi connectivity index (χ3n) is 4.82. The molecule has 0 aromatic heterocycles. The van der Waals surface area contributed by atoms with Gasteiger partial charge in [-0.15, -0.1) is 24.0 Å². The van der Waals surface area contributed by atoms with Gasteiger partial charge in [0.05, 0.1) is 6.10 Å². The number of ether oxygens (including phenoxy) is 1. The molecule has 28 heavy (non-hydrogen) atoms. The van der Waals surface area contributed by atoms with Gasteiger partial charge in [-0.05, 0) is 31.7 Å². The number of aliphatic imine (C=N–C) groups is 1. The summed E-state index contributed by atoms with van der Waals surface area (Å²) < 4.78 is 5.91. The molecule has 0 heterocycles. The highest BCUT2D eigenvalue weighted by atomic mass is 127. The minimum absolute atomic E-state index is 0. The third kappa shape index (κ3) is 9.23. The van der Waals surface area contributed by atoms with Crippen LogP contribution < -0.4 is 10.6 Å². The Labute approximate surface area is 186 Å². The number of rotatable bonds is 9. The Balaban J connectivity index is 0.00000392. The van der Waals surface area contributed by atoms with Gasteiger partial charge in [0.1, 0.15) is 6.54 Å². The van der Waals surface area contributed by atoms with Crippen LogP contribution in [0.1, 0.15) is 50.7 Å². The van der Waals surface area contributed by atoms with Crippen LogP contribution in [0.25, 0.3) is 0 Å². The first-order valence-corrected chi connectivity index (χ1v) is 9.98. The van der Waals surface area contributed by atoms with E-state index in [2.05, 4.69) is 34.7 Å².